The number of carbonyl (C=O) groups excluding carboxylic acids is 3. The molecule has 1 unspecified atom stereocenters. The number of anilines is 1. The van der Waals surface area contributed by atoms with Crippen molar-refractivity contribution in [1.29, 1.82) is 0 Å². The Labute approximate surface area is 177 Å². The third-order valence-corrected chi connectivity index (χ3v) is 7.00. The van der Waals surface area contributed by atoms with Crippen molar-refractivity contribution in [1.82, 2.24) is 9.80 Å². The van der Waals surface area contributed by atoms with E-state index >= 15 is 0 Å². The van der Waals surface area contributed by atoms with Gasteiger partial charge in [0, 0.05) is 57.7 Å². The van der Waals surface area contributed by atoms with Gasteiger partial charge in [-0.3, -0.25) is 29.5 Å². The minimum absolute atomic E-state index is 0.0408. The molecule has 0 radical (unpaired) electrons. The summed E-state index contributed by atoms with van der Waals surface area (Å²) in [7, 11) is 2.70. The maximum Gasteiger partial charge on any atom is 0.332 e. The molecule has 4 aliphatic rings. The number of amides is 4. The lowest BCUT2D eigenvalue weighted by Crippen LogP contribution is -2.73. The van der Waals surface area contributed by atoms with Crippen LogP contribution in [0.5, 0.6) is 0 Å². The van der Waals surface area contributed by atoms with Crippen LogP contribution in [0, 0.1) is 15.5 Å². The molecule has 4 heterocycles. The molecule has 4 amide bonds. The van der Waals surface area contributed by atoms with Crippen molar-refractivity contribution in [3.63, 3.8) is 0 Å². The zero-order valence-corrected chi connectivity index (χ0v) is 17.2. The first-order valence-corrected chi connectivity index (χ1v) is 10.1. The number of carbonyl (C=O) groups is 3. The molecule has 11 nitrogen and oxygen atoms in total. The number of nitro benzene ring substituents is 1. The first-order chi connectivity index (χ1) is 14.7. The number of rotatable bonds is 1. The highest BCUT2D eigenvalue weighted by molar-refractivity contribution is 6.20. The third-order valence-electron chi connectivity index (χ3n) is 7.00. The van der Waals surface area contributed by atoms with E-state index in [1.807, 2.05) is 4.90 Å². The lowest BCUT2D eigenvalue weighted by atomic mass is 9.65. The van der Waals surface area contributed by atoms with Crippen LogP contribution in [0.15, 0.2) is 18.2 Å². The van der Waals surface area contributed by atoms with Gasteiger partial charge in [0.25, 0.3) is 5.69 Å². The molecule has 1 atom stereocenters. The molecule has 0 N–H and O–H groups in total. The van der Waals surface area contributed by atoms with Gasteiger partial charge in [-0.05, 0) is 11.6 Å². The molecule has 2 spiro atoms. The molecule has 3 saturated heterocycles. The number of piperidine rings is 1. The first kappa shape index (κ1) is 19.9. The van der Waals surface area contributed by atoms with Crippen molar-refractivity contribution in [2.24, 2.45) is 5.41 Å². The Kier molecular flexibility index (Phi) is 4.15. The van der Waals surface area contributed by atoms with E-state index in [0.29, 0.717) is 31.7 Å². The average Bonchev–Trinajstić information content (AvgIpc) is 3.22. The number of hydrogen-bond donors (Lipinski definition) is 0. The SMILES string of the molecule is CN1C(=O)N(C)C(=O)C2(Cc3cc([N+](=O)[O-])ccc3N3CCC4(CC32)OCCO4)C1=O. The maximum atomic E-state index is 13.6. The van der Waals surface area contributed by atoms with Crippen LogP contribution in [0.3, 0.4) is 0 Å². The summed E-state index contributed by atoms with van der Waals surface area (Å²) in [4.78, 5) is 54.3. The number of hydrogen-bond acceptors (Lipinski definition) is 8. The molecule has 0 saturated carbocycles. The quantitative estimate of drug-likeness (QED) is 0.366. The molecule has 0 aliphatic carbocycles. The van der Waals surface area contributed by atoms with Crippen LogP contribution in [0.4, 0.5) is 16.2 Å². The van der Waals surface area contributed by atoms with Crippen LogP contribution >= 0.6 is 0 Å². The van der Waals surface area contributed by atoms with Gasteiger partial charge >= 0.3 is 6.03 Å². The van der Waals surface area contributed by atoms with E-state index in [2.05, 4.69) is 0 Å². The third kappa shape index (κ3) is 2.56. The molecule has 3 fully saturated rings. The molecule has 11 heteroatoms. The van der Waals surface area contributed by atoms with Crippen molar-refractivity contribution < 1.29 is 28.8 Å². The van der Waals surface area contributed by atoms with Crippen molar-refractivity contribution in [2.75, 3.05) is 38.8 Å². The van der Waals surface area contributed by atoms with Crippen LogP contribution in [-0.4, -0.2) is 78.3 Å². The molecule has 4 aliphatic heterocycles. The summed E-state index contributed by atoms with van der Waals surface area (Å²) < 4.78 is 11.8. The van der Waals surface area contributed by atoms with Crippen LogP contribution in [0.2, 0.25) is 0 Å². The highest BCUT2D eigenvalue weighted by Crippen LogP contribution is 2.51. The van der Waals surface area contributed by atoms with Crippen molar-refractivity contribution >= 4 is 29.2 Å². The molecule has 5 rings (SSSR count). The van der Waals surface area contributed by atoms with E-state index < -0.39 is 40.0 Å². The van der Waals surface area contributed by atoms with E-state index in [1.165, 1.54) is 26.2 Å². The lowest BCUT2D eigenvalue weighted by molar-refractivity contribution is -0.384. The Bertz CT molecular complexity index is 995. The Morgan fingerprint density at radius 2 is 1.74 bits per heavy atom. The highest BCUT2D eigenvalue weighted by Gasteiger charge is 2.66. The number of imide groups is 2. The number of ether oxygens (including phenoxy) is 2. The zero-order chi connectivity index (χ0) is 22.1. The standard InChI is InChI=1S/C20H22N4O7/c1-21-16(25)20(17(26)22(2)18(21)27)10-12-9-13(24(28)29)3-4-14(12)23-6-5-19(11-15(20)23)30-7-8-31-19/h3-4,9,15H,5-8,10-11H2,1-2H3. The monoisotopic (exact) mass is 430 g/mol. The smallest absolute Gasteiger partial charge is 0.332 e. The van der Waals surface area contributed by atoms with Crippen molar-refractivity contribution in [2.45, 2.75) is 31.1 Å². The predicted molar refractivity (Wildman–Crippen MR) is 105 cm³/mol. The molecule has 31 heavy (non-hydrogen) atoms. The van der Waals surface area contributed by atoms with Crippen LogP contribution in [-0.2, 0) is 25.5 Å². The van der Waals surface area contributed by atoms with Gasteiger partial charge in [0.15, 0.2) is 11.2 Å². The second-order valence-corrected chi connectivity index (χ2v) is 8.50. The van der Waals surface area contributed by atoms with E-state index in [4.69, 9.17) is 9.47 Å². The fraction of sp³-hybridized carbons (Fsp3) is 0.550. The fourth-order valence-electron chi connectivity index (χ4n) is 5.49. The van der Waals surface area contributed by atoms with Gasteiger partial charge in [-0.1, -0.05) is 0 Å². The second kappa shape index (κ2) is 6.47. The van der Waals surface area contributed by atoms with Gasteiger partial charge in [0.2, 0.25) is 11.8 Å². The first-order valence-electron chi connectivity index (χ1n) is 10.1. The summed E-state index contributed by atoms with van der Waals surface area (Å²) in [5.74, 6) is -2.10. The van der Waals surface area contributed by atoms with E-state index in [-0.39, 0.29) is 18.5 Å². The number of urea groups is 1. The number of nitro groups is 1. The predicted octanol–water partition coefficient (Wildman–Crippen LogP) is 0.900. The summed E-state index contributed by atoms with van der Waals surface area (Å²) >= 11 is 0. The van der Waals surface area contributed by atoms with Gasteiger partial charge in [0.05, 0.1) is 24.2 Å². The van der Waals surface area contributed by atoms with Crippen LogP contribution in [0.25, 0.3) is 0 Å². The summed E-state index contributed by atoms with van der Waals surface area (Å²) in [6.45, 7) is 1.31. The summed E-state index contributed by atoms with van der Waals surface area (Å²) in [5.41, 5.74) is -0.441. The van der Waals surface area contributed by atoms with E-state index in [0.717, 1.165) is 15.5 Å². The minimum atomic E-state index is -1.61. The topological polar surface area (TPSA) is 123 Å². The molecule has 1 aromatic carbocycles. The number of fused-ring (bicyclic) bond motifs is 4. The number of nitrogens with zero attached hydrogens (tertiary/aromatic N) is 4. The fourth-order valence-corrected chi connectivity index (χ4v) is 5.49. The minimum Gasteiger partial charge on any atom is -0.366 e. The molecule has 1 aromatic rings. The summed E-state index contributed by atoms with van der Waals surface area (Å²) in [6, 6.07) is 3.18. The molecular formula is C20H22N4O7. The Morgan fingerprint density at radius 3 is 2.35 bits per heavy atom. The van der Waals surface area contributed by atoms with Gasteiger partial charge in [-0.15, -0.1) is 0 Å². The maximum absolute atomic E-state index is 13.6. The summed E-state index contributed by atoms with van der Waals surface area (Å²) in [5, 5.41) is 11.3. The van der Waals surface area contributed by atoms with Gasteiger partial charge in [-0.2, -0.15) is 0 Å². The Morgan fingerprint density at radius 1 is 1.10 bits per heavy atom. The summed E-state index contributed by atoms with van der Waals surface area (Å²) in [6.07, 6.45) is 0.765. The Hall–Kier alpha value is -3.05. The number of benzene rings is 1. The normalized spacial score (nSPS) is 26.5. The van der Waals surface area contributed by atoms with Gasteiger partial charge < -0.3 is 14.4 Å². The molecular weight excluding hydrogens is 408 g/mol. The average molecular weight is 430 g/mol. The number of non-ortho nitro benzene ring substituents is 1. The highest BCUT2D eigenvalue weighted by atomic mass is 16.7. The number of barbiturate groups is 1. The van der Waals surface area contributed by atoms with Crippen LogP contribution in [0.1, 0.15) is 18.4 Å². The van der Waals surface area contributed by atoms with Gasteiger partial charge in [-0.25, -0.2) is 4.79 Å². The molecule has 0 aromatic heterocycles. The molecule has 164 valence electrons. The zero-order valence-electron chi connectivity index (χ0n) is 17.2. The Balaban J connectivity index is 1.69. The van der Waals surface area contributed by atoms with Crippen molar-refractivity contribution in [3.05, 3.63) is 33.9 Å². The second-order valence-electron chi connectivity index (χ2n) is 8.50. The van der Waals surface area contributed by atoms with Gasteiger partial charge in [0.1, 0.15) is 0 Å². The van der Waals surface area contributed by atoms with Crippen molar-refractivity contribution in [3.8, 4) is 0 Å². The largest absolute Gasteiger partial charge is 0.366 e. The van der Waals surface area contributed by atoms with Crippen LogP contribution < -0.4 is 4.90 Å². The molecule has 0 bridgehead atoms. The van der Waals surface area contributed by atoms with E-state index in [1.54, 1.807) is 6.07 Å². The lowest BCUT2D eigenvalue weighted by Gasteiger charge is -2.56. The van der Waals surface area contributed by atoms with E-state index in [9.17, 15) is 24.5 Å².